The van der Waals surface area contributed by atoms with Gasteiger partial charge in [-0.25, -0.2) is 4.98 Å². The highest BCUT2D eigenvalue weighted by molar-refractivity contribution is 6.33. The van der Waals surface area contributed by atoms with Crippen molar-refractivity contribution in [3.8, 4) is 17.3 Å². The summed E-state index contributed by atoms with van der Waals surface area (Å²) < 4.78 is 5.45. The number of nitrogens with zero attached hydrogens (tertiary/aromatic N) is 6. The highest BCUT2D eigenvalue weighted by Crippen LogP contribution is 2.33. The molecule has 43 heavy (non-hydrogen) atoms. The number of carbonyl (C=O) groups is 2. The molecule has 0 aromatic carbocycles. The van der Waals surface area contributed by atoms with Crippen LogP contribution in [0.2, 0.25) is 5.02 Å². The first-order valence-electron chi connectivity index (χ1n) is 15.1. The second-order valence-electron chi connectivity index (χ2n) is 12.3. The summed E-state index contributed by atoms with van der Waals surface area (Å²) in [4.78, 5) is 39.7. The summed E-state index contributed by atoms with van der Waals surface area (Å²) in [5.41, 5.74) is 2.11. The maximum Gasteiger partial charge on any atom is 0.236 e. The molecule has 2 aromatic rings. The topological polar surface area (TPSA) is 115 Å². The summed E-state index contributed by atoms with van der Waals surface area (Å²) in [7, 11) is 6.99. The van der Waals surface area contributed by atoms with E-state index in [1.165, 1.54) is 0 Å². The molecule has 1 aliphatic heterocycles. The predicted molar refractivity (Wildman–Crippen MR) is 167 cm³/mol. The van der Waals surface area contributed by atoms with E-state index < -0.39 is 5.41 Å². The summed E-state index contributed by atoms with van der Waals surface area (Å²) in [6.07, 6.45) is 7.79. The largest absolute Gasteiger partial charge is 0.381 e. The van der Waals surface area contributed by atoms with Crippen molar-refractivity contribution in [2.24, 2.45) is 11.3 Å². The second kappa shape index (κ2) is 15.0. The van der Waals surface area contributed by atoms with Crippen molar-refractivity contribution in [3.05, 3.63) is 41.2 Å². The quantitative estimate of drug-likeness (QED) is 0.405. The van der Waals surface area contributed by atoms with Crippen LogP contribution in [0.5, 0.6) is 0 Å². The van der Waals surface area contributed by atoms with E-state index in [0.29, 0.717) is 49.4 Å². The lowest BCUT2D eigenvalue weighted by Crippen LogP contribution is -2.48. The summed E-state index contributed by atoms with van der Waals surface area (Å²) >= 11 is 6.60. The lowest BCUT2D eigenvalue weighted by Gasteiger charge is -2.37. The maximum absolute atomic E-state index is 12.5. The average molecular weight is 610 g/mol. The van der Waals surface area contributed by atoms with Gasteiger partial charge < -0.3 is 19.9 Å². The van der Waals surface area contributed by atoms with Crippen LogP contribution in [0.25, 0.3) is 11.3 Å². The van der Waals surface area contributed by atoms with Crippen LogP contribution < -0.4 is 5.32 Å². The number of halogens is 1. The number of hydrogen-bond acceptors (Lipinski definition) is 8. The van der Waals surface area contributed by atoms with Gasteiger partial charge >= 0.3 is 0 Å². The van der Waals surface area contributed by atoms with Crippen LogP contribution in [0.4, 0.5) is 5.82 Å². The Morgan fingerprint density at radius 2 is 1.72 bits per heavy atom. The third-order valence-electron chi connectivity index (χ3n) is 8.74. The third-order valence-corrected chi connectivity index (χ3v) is 9.04. The van der Waals surface area contributed by atoms with Gasteiger partial charge in [0.2, 0.25) is 11.8 Å². The fourth-order valence-electron chi connectivity index (χ4n) is 5.78. The van der Waals surface area contributed by atoms with E-state index in [4.69, 9.17) is 21.3 Å². The first-order chi connectivity index (χ1) is 20.6. The summed E-state index contributed by atoms with van der Waals surface area (Å²) in [6.45, 7) is 2.22. The maximum atomic E-state index is 12.5. The molecule has 1 saturated carbocycles. The van der Waals surface area contributed by atoms with Gasteiger partial charge in [-0.2, -0.15) is 5.26 Å². The number of anilines is 1. The summed E-state index contributed by atoms with van der Waals surface area (Å²) in [5.74, 6) is 1.17. The first kappa shape index (κ1) is 32.6. The fourth-order valence-corrected chi connectivity index (χ4v) is 5.98. The molecule has 0 atom stereocenters. The molecular weight excluding hydrogens is 566 g/mol. The number of aromatic nitrogens is 2. The number of likely N-dealkylation sites (N-methyl/N-ethyl adjacent to an activating group) is 2. The molecule has 1 saturated heterocycles. The van der Waals surface area contributed by atoms with Crippen LogP contribution in [-0.2, 0) is 20.7 Å². The highest BCUT2D eigenvalue weighted by Gasteiger charge is 2.33. The molecule has 3 heterocycles. The Labute approximate surface area is 260 Å². The Morgan fingerprint density at radius 1 is 1.07 bits per heavy atom. The van der Waals surface area contributed by atoms with Crippen LogP contribution in [0.1, 0.15) is 44.2 Å². The van der Waals surface area contributed by atoms with Crippen molar-refractivity contribution < 1.29 is 14.3 Å². The third kappa shape index (κ3) is 8.88. The van der Waals surface area contributed by atoms with Gasteiger partial charge in [-0.05, 0) is 69.1 Å². The van der Waals surface area contributed by atoms with Gasteiger partial charge in [0.25, 0.3) is 0 Å². The van der Waals surface area contributed by atoms with Gasteiger partial charge in [0.05, 0.1) is 35.3 Å². The summed E-state index contributed by atoms with van der Waals surface area (Å²) in [6, 6.07) is 10.5. The van der Waals surface area contributed by atoms with Crippen LogP contribution in [-0.4, -0.2) is 104 Å². The van der Waals surface area contributed by atoms with Gasteiger partial charge in [0, 0.05) is 71.4 Å². The monoisotopic (exact) mass is 609 g/mol. The molecule has 2 aromatic heterocycles. The van der Waals surface area contributed by atoms with Crippen molar-refractivity contribution in [2.45, 2.75) is 51.0 Å². The lowest BCUT2D eigenvalue weighted by molar-refractivity contribution is -0.134. The zero-order valence-electron chi connectivity index (χ0n) is 25.8. The molecular formula is C32H44ClN7O3. The van der Waals surface area contributed by atoms with E-state index in [0.717, 1.165) is 49.1 Å². The van der Waals surface area contributed by atoms with Gasteiger partial charge in [-0.15, -0.1) is 0 Å². The fraction of sp³-hybridized carbons (Fsp3) is 0.594. The van der Waals surface area contributed by atoms with Gasteiger partial charge in [-0.1, -0.05) is 17.7 Å². The van der Waals surface area contributed by atoms with Crippen molar-refractivity contribution >= 4 is 29.2 Å². The van der Waals surface area contributed by atoms with Crippen LogP contribution in [0, 0.1) is 22.7 Å². The molecule has 11 heteroatoms. The van der Waals surface area contributed by atoms with E-state index >= 15 is 0 Å². The zero-order chi connectivity index (χ0) is 31.0. The molecule has 0 unspecified atom stereocenters. The Morgan fingerprint density at radius 3 is 2.33 bits per heavy atom. The van der Waals surface area contributed by atoms with Crippen molar-refractivity contribution in [2.75, 3.05) is 66.4 Å². The normalized spacial score (nSPS) is 19.8. The van der Waals surface area contributed by atoms with E-state index in [2.05, 4.69) is 16.4 Å². The van der Waals surface area contributed by atoms with E-state index in [1.807, 2.05) is 29.2 Å². The average Bonchev–Trinajstić information content (AvgIpc) is 3.01. The number of pyridine rings is 2. The van der Waals surface area contributed by atoms with Crippen molar-refractivity contribution in [1.29, 1.82) is 5.26 Å². The van der Waals surface area contributed by atoms with Crippen LogP contribution in [0.15, 0.2) is 30.5 Å². The summed E-state index contributed by atoms with van der Waals surface area (Å²) in [5, 5.41) is 13.7. The number of ether oxygens (including phenoxy) is 1. The van der Waals surface area contributed by atoms with Gasteiger partial charge in [0.15, 0.2) is 0 Å². The number of amides is 2. The number of nitriles is 1. The minimum Gasteiger partial charge on any atom is -0.381 e. The molecule has 4 rings (SSSR count). The second-order valence-corrected chi connectivity index (χ2v) is 12.7. The number of carbonyl (C=O) groups excluding carboxylic acids is 2. The van der Waals surface area contributed by atoms with E-state index in [1.54, 1.807) is 44.2 Å². The molecule has 2 aliphatic rings. The minimum absolute atomic E-state index is 0.00704. The molecule has 0 spiro atoms. The molecule has 0 radical (unpaired) electrons. The SMILES string of the molecule is CN(C)C(=O)CN(CC(=O)N(C)C)C1CCC(Cc2cc(-c3cccc(NCC4(C#N)CCOCC4)n3)c(Cl)cn2)CC1. The van der Waals surface area contributed by atoms with Crippen molar-refractivity contribution in [1.82, 2.24) is 24.7 Å². The Balaban J connectivity index is 1.39. The van der Waals surface area contributed by atoms with Crippen LogP contribution >= 0.6 is 11.6 Å². The zero-order valence-corrected chi connectivity index (χ0v) is 26.6. The smallest absolute Gasteiger partial charge is 0.236 e. The predicted octanol–water partition coefficient (Wildman–Crippen LogP) is 4.11. The van der Waals surface area contributed by atoms with Gasteiger partial charge in [-0.3, -0.25) is 19.5 Å². The Hall–Kier alpha value is -3.26. The molecule has 10 nitrogen and oxygen atoms in total. The molecule has 232 valence electrons. The lowest BCUT2D eigenvalue weighted by atomic mass is 9.82. The highest BCUT2D eigenvalue weighted by atomic mass is 35.5. The van der Waals surface area contributed by atoms with E-state index in [9.17, 15) is 14.9 Å². The number of nitrogens with one attached hydrogen (secondary N) is 1. The first-order valence-corrected chi connectivity index (χ1v) is 15.5. The Bertz CT molecular complexity index is 1280. The van der Waals surface area contributed by atoms with Crippen LogP contribution in [0.3, 0.4) is 0 Å². The number of hydrogen-bond donors (Lipinski definition) is 1. The molecule has 1 aliphatic carbocycles. The van der Waals surface area contributed by atoms with Crippen molar-refractivity contribution in [3.63, 3.8) is 0 Å². The Kier molecular flexibility index (Phi) is 11.4. The molecule has 2 fully saturated rings. The molecule has 1 N–H and O–H groups in total. The van der Waals surface area contributed by atoms with E-state index in [-0.39, 0.29) is 30.9 Å². The van der Waals surface area contributed by atoms with Gasteiger partial charge in [0.1, 0.15) is 5.82 Å². The minimum atomic E-state index is -0.447. The molecule has 0 bridgehead atoms. The standard InChI is InChI=1S/C32H44ClN7O3/c1-38(2)30(41)19-40(20-31(42)39(3)4)25-10-8-23(9-11-25)16-24-17-26(27(33)18-35-24)28-6-5-7-29(37-28)36-22-32(21-34)12-14-43-15-13-32/h5-7,17-18,23,25H,8-16,19-20,22H2,1-4H3,(H,36,37). The molecule has 2 amide bonds. The number of rotatable bonds is 11.